The van der Waals surface area contributed by atoms with E-state index >= 15 is 0 Å². The molecule has 0 atom stereocenters. The predicted molar refractivity (Wildman–Crippen MR) is 72.7 cm³/mol. The van der Waals surface area contributed by atoms with Gasteiger partial charge < -0.3 is 9.84 Å². The Labute approximate surface area is 112 Å². The van der Waals surface area contributed by atoms with Crippen LogP contribution in [0.25, 0.3) is 0 Å². The summed E-state index contributed by atoms with van der Waals surface area (Å²) in [6, 6.07) is 0. The van der Waals surface area contributed by atoms with E-state index in [1.54, 1.807) is 7.11 Å². The molecule has 108 valence electrons. The van der Waals surface area contributed by atoms with Gasteiger partial charge in [0.05, 0.1) is 5.56 Å². The first-order valence-corrected chi connectivity index (χ1v) is 6.65. The fourth-order valence-electron chi connectivity index (χ4n) is 1.98. The number of aromatic hydroxyl groups is 1. The Bertz CT molecular complexity index is 504. The van der Waals surface area contributed by atoms with Crippen molar-refractivity contribution in [1.29, 1.82) is 0 Å². The molecule has 19 heavy (non-hydrogen) atoms. The molecule has 1 rings (SSSR count). The molecule has 0 aromatic carbocycles. The summed E-state index contributed by atoms with van der Waals surface area (Å²) in [5, 5.41) is 10.0. The number of hydrogen-bond donors (Lipinski definition) is 2. The standard InChI is InChI=1S/C13H22N2O4/c1-3-7-10-11(16)14-13(18)15(12(10)17)8-5-4-6-9-19-2/h17H,3-9H2,1-2H3,(H,14,16,18). The maximum atomic E-state index is 11.7. The van der Waals surface area contributed by atoms with E-state index in [0.29, 0.717) is 25.1 Å². The van der Waals surface area contributed by atoms with Crippen LogP contribution in [0.15, 0.2) is 9.59 Å². The van der Waals surface area contributed by atoms with Crippen molar-refractivity contribution in [3.05, 3.63) is 26.4 Å². The molecule has 1 aromatic heterocycles. The molecule has 0 aliphatic heterocycles. The molecule has 6 nitrogen and oxygen atoms in total. The third kappa shape index (κ3) is 4.24. The lowest BCUT2D eigenvalue weighted by atomic mass is 10.2. The highest BCUT2D eigenvalue weighted by atomic mass is 16.5. The molecule has 0 aliphatic carbocycles. The summed E-state index contributed by atoms with van der Waals surface area (Å²) in [4.78, 5) is 25.5. The van der Waals surface area contributed by atoms with Gasteiger partial charge in [0.15, 0.2) is 0 Å². The van der Waals surface area contributed by atoms with Crippen LogP contribution < -0.4 is 11.2 Å². The molecule has 0 amide bonds. The first kappa shape index (κ1) is 15.5. The van der Waals surface area contributed by atoms with Gasteiger partial charge in [0, 0.05) is 20.3 Å². The second-order valence-corrected chi connectivity index (χ2v) is 4.52. The minimum absolute atomic E-state index is 0.192. The number of rotatable bonds is 8. The third-order valence-electron chi connectivity index (χ3n) is 3.00. The summed E-state index contributed by atoms with van der Waals surface area (Å²) < 4.78 is 6.18. The molecule has 0 saturated carbocycles. The first-order chi connectivity index (χ1) is 9.11. The van der Waals surface area contributed by atoms with E-state index in [4.69, 9.17) is 4.74 Å². The molecule has 0 saturated heterocycles. The Morgan fingerprint density at radius 2 is 2.00 bits per heavy atom. The van der Waals surface area contributed by atoms with Crippen molar-refractivity contribution in [2.24, 2.45) is 0 Å². The van der Waals surface area contributed by atoms with Gasteiger partial charge in [0.2, 0.25) is 5.88 Å². The fraction of sp³-hybridized carbons (Fsp3) is 0.692. The minimum atomic E-state index is -0.547. The van der Waals surface area contributed by atoms with Crippen LogP contribution in [-0.4, -0.2) is 28.4 Å². The summed E-state index contributed by atoms with van der Waals surface area (Å²) in [5.41, 5.74) is -0.743. The van der Waals surface area contributed by atoms with Gasteiger partial charge in [-0.15, -0.1) is 0 Å². The second kappa shape index (κ2) is 7.78. The number of H-pyrrole nitrogens is 1. The molecule has 0 aliphatic rings. The van der Waals surface area contributed by atoms with Crippen LogP contribution in [0.1, 0.15) is 38.2 Å². The van der Waals surface area contributed by atoms with Crippen LogP contribution in [0.5, 0.6) is 5.88 Å². The van der Waals surface area contributed by atoms with Gasteiger partial charge in [-0.05, 0) is 25.7 Å². The average molecular weight is 270 g/mol. The van der Waals surface area contributed by atoms with Gasteiger partial charge >= 0.3 is 5.69 Å². The van der Waals surface area contributed by atoms with E-state index in [2.05, 4.69) is 4.98 Å². The zero-order valence-electron chi connectivity index (χ0n) is 11.6. The zero-order chi connectivity index (χ0) is 14.3. The van der Waals surface area contributed by atoms with Crippen molar-refractivity contribution in [1.82, 2.24) is 9.55 Å². The SMILES string of the molecule is CCCc1c(O)n(CCCCCOC)c(=O)[nH]c1=O. The van der Waals surface area contributed by atoms with Gasteiger partial charge in [-0.2, -0.15) is 0 Å². The third-order valence-corrected chi connectivity index (χ3v) is 3.00. The lowest BCUT2D eigenvalue weighted by Crippen LogP contribution is -2.32. The van der Waals surface area contributed by atoms with Crippen molar-refractivity contribution in [3.8, 4) is 5.88 Å². The van der Waals surface area contributed by atoms with E-state index in [1.165, 1.54) is 4.57 Å². The van der Waals surface area contributed by atoms with Gasteiger partial charge in [-0.3, -0.25) is 14.3 Å². The fourth-order valence-corrected chi connectivity index (χ4v) is 1.98. The summed E-state index contributed by atoms with van der Waals surface area (Å²) in [6.45, 7) is 3.01. The minimum Gasteiger partial charge on any atom is -0.494 e. The number of aromatic nitrogens is 2. The van der Waals surface area contributed by atoms with Crippen LogP contribution in [-0.2, 0) is 17.7 Å². The monoisotopic (exact) mass is 270 g/mol. The number of hydrogen-bond acceptors (Lipinski definition) is 4. The average Bonchev–Trinajstić information content (AvgIpc) is 2.37. The summed E-state index contributed by atoms with van der Waals surface area (Å²) in [6.07, 6.45) is 3.78. The number of methoxy groups -OCH3 is 1. The highest BCUT2D eigenvalue weighted by molar-refractivity contribution is 5.22. The van der Waals surface area contributed by atoms with Crippen LogP contribution >= 0.6 is 0 Å². The summed E-state index contributed by atoms with van der Waals surface area (Å²) >= 11 is 0. The molecule has 2 N–H and O–H groups in total. The molecule has 1 aromatic rings. The quantitative estimate of drug-likeness (QED) is 0.690. The van der Waals surface area contributed by atoms with Crippen molar-refractivity contribution in [2.45, 2.75) is 45.6 Å². The topological polar surface area (TPSA) is 84.3 Å². The van der Waals surface area contributed by atoms with Gasteiger partial charge in [-0.1, -0.05) is 13.3 Å². The van der Waals surface area contributed by atoms with Crippen molar-refractivity contribution < 1.29 is 9.84 Å². The summed E-state index contributed by atoms with van der Waals surface area (Å²) in [5.74, 6) is -0.192. The summed E-state index contributed by atoms with van der Waals surface area (Å²) in [7, 11) is 1.65. The number of unbranched alkanes of at least 4 members (excludes halogenated alkanes) is 2. The molecular formula is C13H22N2O4. The number of ether oxygens (including phenoxy) is 1. The molecular weight excluding hydrogens is 248 g/mol. The number of nitrogens with one attached hydrogen (secondary N) is 1. The van der Waals surface area contributed by atoms with Crippen molar-refractivity contribution >= 4 is 0 Å². The largest absolute Gasteiger partial charge is 0.494 e. The molecule has 0 bridgehead atoms. The maximum absolute atomic E-state index is 11.7. The Balaban J connectivity index is 2.80. The van der Waals surface area contributed by atoms with Crippen LogP contribution in [0.4, 0.5) is 0 Å². The van der Waals surface area contributed by atoms with Crippen molar-refractivity contribution in [2.75, 3.05) is 13.7 Å². The van der Waals surface area contributed by atoms with Gasteiger partial charge in [0.1, 0.15) is 0 Å². The molecule has 0 fully saturated rings. The molecule has 6 heteroatoms. The van der Waals surface area contributed by atoms with Crippen molar-refractivity contribution in [3.63, 3.8) is 0 Å². The molecule has 0 unspecified atom stereocenters. The lowest BCUT2D eigenvalue weighted by Gasteiger charge is -2.10. The second-order valence-electron chi connectivity index (χ2n) is 4.52. The van der Waals surface area contributed by atoms with E-state index in [-0.39, 0.29) is 5.88 Å². The highest BCUT2D eigenvalue weighted by Gasteiger charge is 2.12. The van der Waals surface area contributed by atoms with Crippen LogP contribution in [0, 0.1) is 0 Å². The van der Waals surface area contributed by atoms with Gasteiger partial charge in [0.25, 0.3) is 5.56 Å². The lowest BCUT2D eigenvalue weighted by molar-refractivity contribution is 0.191. The zero-order valence-corrected chi connectivity index (χ0v) is 11.6. The van der Waals surface area contributed by atoms with E-state index in [1.807, 2.05) is 6.92 Å². The van der Waals surface area contributed by atoms with Gasteiger partial charge in [-0.25, -0.2) is 4.79 Å². The molecule has 0 spiro atoms. The van der Waals surface area contributed by atoms with E-state index < -0.39 is 11.2 Å². The Kier molecular flexibility index (Phi) is 6.35. The normalized spacial score (nSPS) is 10.8. The Morgan fingerprint density at radius 1 is 1.26 bits per heavy atom. The van der Waals surface area contributed by atoms with Crippen LogP contribution in [0.3, 0.4) is 0 Å². The van der Waals surface area contributed by atoms with E-state index in [0.717, 1.165) is 25.7 Å². The Morgan fingerprint density at radius 3 is 2.63 bits per heavy atom. The number of aromatic amines is 1. The maximum Gasteiger partial charge on any atom is 0.331 e. The smallest absolute Gasteiger partial charge is 0.331 e. The number of nitrogens with zero attached hydrogens (tertiary/aromatic N) is 1. The Hall–Kier alpha value is -1.56. The van der Waals surface area contributed by atoms with Crippen LogP contribution in [0.2, 0.25) is 0 Å². The first-order valence-electron chi connectivity index (χ1n) is 6.65. The predicted octanol–water partition coefficient (Wildman–Crippen LogP) is 1.01. The van der Waals surface area contributed by atoms with E-state index in [9.17, 15) is 14.7 Å². The molecule has 1 heterocycles. The molecule has 0 radical (unpaired) electrons. The highest BCUT2D eigenvalue weighted by Crippen LogP contribution is 2.13.